The van der Waals surface area contributed by atoms with Crippen molar-refractivity contribution in [2.45, 2.75) is 45.4 Å². The molecule has 0 N–H and O–H groups in total. The topological polar surface area (TPSA) is 0 Å². The molecule has 1 atom stereocenters. The second-order valence-electron chi connectivity index (χ2n) is 3.05. The van der Waals surface area contributed by atoms with Gasteiger partial charge in [-0.1, -0.05) is 32.1 Å². The van der Waals surface area contributed by atoms with E-state index in [-0.39, 0.29) is 0 Å². The smallest absolute Gasteiger partial charge is 0.0211 e. The van der Waals surface area contributed by atoms with Gasteiger partial charge in [0.1, 0.15) is 0 Å². The van der Waals surface area contributed by atoms with Gasteiger partial charge in [-0.15, -0.1) is 5.92 Å². The Kier molecular flexibility index (Phi) is 3.36. The molecule has 0 bridgehead atoms. The van der Waals surface area contributed by atoms with Crippen LogP contribution in [-0.4, -0.2) is 0 Å². The summed E-state index contributed by atoms with van der Waals surface area (Å²) >= 11 is 0. The Hall–Kier alpha value is -0.440. The van der Waals surface area contributed by atoms with Crippen LogP contribution in [0.5, 0.6) is 0 Å². The molecule has 0 aromatic rings. The summed E-state index contributed by atoms with van der Waals surface area (Å²) in [5.74, 6) is 7.17. The monoisotopic (exact) mass is 136 g/mol. The fourth-order valence-corrected chi connectivity index (χ4v) is 1.39. The molecule has 0 fully saturated rings. The molecule has 0 radical (unpaired) electrons. The van der Waals surface area contributed by atoms with Crippen molar-refractivity contribution in [2.24, 2.45) is 5.92 Å². The first kappa shape index (κ1) is 7.66. The molecule has 0 saturated carbocycles. The summed E-state index contributed by atoms with van der Waals surface area (Å²) in [5, 5.41) is 0. The summed E-state index contributed by atoms with van der Waals surface area (Å²) < 4.78 is 0. The zero-order valence-corrected chi connectivity index (χ0v) is 6.82. The van der Waals surface area contributed by atoms with E-state index in [1.807, 2.05) is 0 Å². The van der Waals surface area contributed by atoms with Crippen molar-refractivity contribution < 1.29 is 0 Å². The van der Waals surface area contributed by atoms with Gasteiger partial charge in [-0.2, -0.15) is 0 Å². The largest absolute Gasteiger partial charge is 0.103 e. The highest BCUT2D eigenvalue weighted by atomic mass is 14.1. The second-order valence-corrected chi connectivity index (χ2v) is 3.05. The molecule has 1 rings (SSSR count). The normalized spacial score (nSPS) is 22.3. The van der Waals surface area contributed by atoms with Gasteiger partial charge in [-0.05, 0) is 12.8 Å². The predicted octanol–water partition coefficient (Wildman–Crippen LogP) is 2.98. The highest BCUT2D eigenvalue weighted by Crippen LogP contribution is 2.17. The van der Waals surface area contributed by atoms with Gasteiger partial charge < -0.3 is 0 Å². The Balaban J connectivity index is 1.99. The van der Waals surface area contributed by atoms with Crippen LogP contribution in [0.15, 0.2) is 0 Å². The maximum Gasteiger partial charge on any atom is 0.0211 e. The Morgan fingerprint density at radius 3 is 2.90 bits per heavy atom. The van der Waals surface area contributed by atoms with Crippen LogP contribution in [0.1, 0.15) is 45.4 Å². The van der Waals surface area contributed by atoms with E-state index in [0.717, 1.165) is 12.3 Å². The van der Waals surface area contributed by atoms with Crippen LogP contribution in [-0.2, 0) is 0 Å². The molecule has 0 heterocycles. The standard InChI is InChI=1S/C10H16/c1-2-3-4-7-10-8-5-6-9-10/h10H,2-5,7-8H2,1H3. The molecule has 0 aromatic heterocycles. The van der Waals surface area contributed by atoms with Crippen molar-refractivity contribution in [3.05, 3.63) is 0 Å². The summed E-state index contributed by atoms with van der Waals surface area (Å²) in [6, 6.07) is 0. The van der Waals surface area contributed by atoms with Crippen molar-refractivity contribution in [3.63, 3.8) is 0 Å². The third kappa shape index (κ3) is 2.43. The second kappa shape index (κ2) is 4.39. The van der Waals surface area contributed by atoms with E-state index in [4.69, 9.17) is 0 Å². The molecular formula is C10H16. The minimum absolute atomic E-state index is 0.756. The van der Waals surface area contributed by atoms with Crippen LogP contribution in [0.4, 0.5) is 0 Å². The van der Waals surface area contributed by atoms with Gasteiger partial charge in [-0.3, -0.25) is 0 Å². The van der Waals surface area contributed by atoms with Gasteiger partial charge in [-0.25, -0.2) is 0 Å². The molecular weight excluding hydrogens is 120 g/mol. The fourth-order valence-electron chi connectivity index (χ4n) is 1.39. The summed E-state index contributed by atoms with van der Waals surface area (Å²) in [6.07, 6.45) is 7.91. The number of hydrogen-bond acceptors (Lipinski definition) is 0. The van der Waals surface area contributed by atoms with Crippen LogP contribution >= 0.6 is 0 Å². The summed E-state index contributed by atoms with van der Waals surface area (Å²) in [4.78, 5) is 0. The van der Waals surface area contributed by atoms with Crippen molar-refractivity contribution in [3.8, 4) is 11.8 Å². The molecule has 0 nitrogen and oxygen atoms in total. The third-order valence-electron chi connectivity index (χ3n) is 2.08. The Labute approximate surface area is 64.0 Å². The Bertz CT molecular complexity index is 136. The van der Waals surface area contributed by atoms with E-state index in [9.17, 15) is 0 Å². The SMILES string of the molecule is CCCCCC1C#CCC1. The van der Waals surface area contributed by atoms with Gasteiger partial charge in [0.05, 0.1) is 0 Å². The molecule has 0 saturated heterocycles. The average Bonchev–Trinajstić information content (AvgIpc) is 2.41. The van der Waals surface area contributed by atoms with Crippen LogP contribution < -0.4 is 0 Å². The molecule has 0 amide bonds. The zero-order chi connectivity index (χ0) is 7.23. The lowest BCUT2D eigenvalue weighted by Crippen LogP contribution is -1.91. The summed E-state index contributed by atoms with van der Waals surface area (Å²) in [6.45, 7) is 2.25. The first-order chi connectivity index (χ1) is 4.93. The number of rotatable bonds is 4. The first-order valence-electron chi connectivity index (χ1n) is 4.42. The first-order valence-corrected chi connectivity index (χ1v) is 4.42. The number of hydrogen-bond donors (Lipinski definition) is 0. The molecule has 0 heteroatoms. The predicted molar refractivity (Wildman–Crippen MR) is 44.6 cm³/mol. The summed E-state index contributed by atoms with van der Waals surface area (Å²) in [7, 11) is 0. The maximum atomic E-state index is 3.27. The molecule has 56 valence electrons. The fraction of sp³-hybridized carbons (Fsp3) is 0.800. The molecule has 0 aromatic carbocycles. The van der Waals surface area contributed by atoms with Crippen LogP contribution in [0, 0.1) is 17.8 Å². The minimum atomic E-state index is 0.756. The summed E-state index contributed by atoms with van der Waals surface area (Å²) in [5.41, 5.74) is 0. The van der Waals surface area contributed by atoms with E-state index in [1.165, 1.54) is 32.1 Å². The van der Waals surface area contributed by atoms with E-state index in [1.54, 1.807) is 0 Å². The third-order valence-corrected chi connectivity index (χ3v) is 2.08. The quantitative estimate of drug-likeness (QED) is 0.411. The van der Waals surface area contributed by atoms with Gasteiger partial charge in [0.2, 0.25) is 0 Å². The van der Waals surface area contributed by atoms with Crippen molar-refractivity contribution in [1.29, 1.82) is 0 Å². The lowest BCUT2D eigenvalue weighted by Gasteiger charge is -2.03. The van der Waals surface area contributed by atoms with Crippen molar-refractivity contribution in [2.75, 3.05) is 0 Å². The average molecular weight is 136 g/mol. The van der Waals surface area contributed by atoms with Gasteiger partial charge in [0.15, 0.2) is 0 Å². The molecule has 1 aliphatic rings. The van der Waals surface area contributed by atoms with Crippen LogP contribution in [0.25, 0.3) is 0 Å². The molecule has 0 spiro atoms. The maximum absolute atomic E-state index is 3.27. The van der Waals surface area contributed by atoms with E-state index in [2.05, 4.69) is 18.8 Å². The lowest BCUT2D eigenvalue weighted by molar-refractivity contribution is 0.540. The van der Waals surface area contributed by atoms with E-state index < -0.39 is 0 Å². The van der Waals surface area contributed by atoms with Gasteiger partial charge in [0.25, 0.3) is 0 Å². The van der Waals surface area contributed by atoms with Gasteiger partial charge >= 0.3 is 0 Å². The highest BCUT2D eigenvalue weighted by molar-refractivity contribution is 5.10. The molecule has 1 unspecified atom stereocenters. The zero-order valence-electron chi connectivity index (χ0n) is 6.82. The van der Waals surface area contributed by atoms with Gasteiger partial charge in [0, 0.05) is 12.3 Å². The Morgan fingerprint density at radius 2 is 2.30 bits per heavy atom. The van der Waals surface area contributed by atoms with E-state index in [0.29, 0.717) is 0 Å². The highest BCUT2D eigenvalue weighted by Gasteiger charge is 2.06. The molecule has 0 aliphatic heterocycles. The minimum Gasteiger partial charge on any atom is -0.103 e. The lowest BCUT2D eigenvalue weighted by atomic mass is 10.0. The van der Waals surface area contributed by atoms with Crippen LogP contribution in [0.3, 0.4) is 0 Å². The molecule has 10 heavy (non-hydrogen) atoms. The van der Waals surface area contributed by atoms with Crippen molar-refractivity contribution in [1.82, 2.24) is 0 Å². The Morgan fingerprint density at radius 1 is 1.40 bits per heavy atom. The van der Waals surface area contributed by atoms with Crippen LogP contribution in [0.2, 0.25) is 0 Å². The number of unbranched alkanes of at least 4 members (excludes halogenated alkanes) is 2. The molecule has 1 aliphatic carbocycles. The van der Waals surface area contributed by atoms with Crippen molar-refractivity contribution >= 4 is 0 Å². The van der Waals surface area contributed by atoms with E-state index >= 15 is 0 Å².